The quantitative estimate of drug-likeness (QED) is 0.162. The van der Waals surface area contributed by atoms with Crippen molar-refractivity contribution < 1.29 is 0 Å². The third kappa shape index (κ3) is 5.73. The highest BCUT2D eigenvalue weighted by Crippen LogP contribution is 2.47. The van der Waals surface area contributed by atoms with E-state index in [0.717, 1.165) is 17.1 Å². The molecule has 0 aliphatic heterocycles. The molecule has 0 amide bonds. The minimum atomic E-state index is 1.11. The first-order chi connectivity index (χ1) is 29.2. The van der Waals surface area contributed by atoms with Gasteiger partial charge in [-0.25, -0.2) is 0 Å². The Morgan fingerprint density at radius 1 is 0.271 bits per heavy atom. The van der Waals surface area contributed by atoms with Gasteiger partial charge in [0.1, 0.15) is 0 Å². The monoisotopic (exact) mass is 785 g/mol. The van der Waals surface area contributed by atoms with E-state index in [1.807, 2.05) is 22.7 Å². The van der Waals surface area contributed by atoms with Crippen molar-refractivity contribution in [1.29, 1.82) is 0 Å². The molecule has 2 aromatic heterocycles. The minimum absolute atomic E-state index is 1.11. The first-order valence-electron chi connectivity index (χ1n) is 20.1. The van der Waals surface area contributed by atoms with Crippen molar-refractivity contribution in [2.45, 2.75) is 0 Å². The molecule has 2 heterocycles. The summed E-state index contributed by atoms with van der Waals surface area (Å²) in [7, 11) is 0. The molecule has 0 aliphatic carbocycles. The molecule has 59 heavy (non-hydrogen) atoms. The van der Waals surface area contributed by atoms with Crippen LogP contribution >= 0.6 is 22.7 Å². The van der Waals surface area contributed by atoms with Crippen molar-refractivity contribution in [3.63, 3.8) is 0 Å². The van der Waals surface area contributed by atoms with Crippen LogP contribution in [-0.2, 0) is 0 Å². The van der Waals surface area contributed by atoms with Gasteiger partial charge in [0.05, 0.1) is 0 Å². The lowest BCUT2D eigenvalue weighted by atomic mass is 9.92. The van der Waals surface area contributed by atoms with Gasteiger partial charge in [-0.05, 0) is 110 Å². The van der Waals surface area contributed by atoms with Crippen molar-refractivity contribution in [3.05, 3.63) is 212 Å². The van der Waals surface area contributed by atoms with Gasteiger partial charge in [0.15, 0.2) is 0 Å². The highest BCUT2D eigenvalue weighted by molar-refractivity contribution is 7.26. The van der Waals surface area contributed by atoms with Crippen LogP contribution in [0.1, 0.15) is 0 Å². The second-order valence-electron chi connectivity index (χ2n) is 15.3. The van der Waals surface area contributed by atoms with Gasteiger partial charge in [-0.15, -0.1) is 22.7 Å². The number of anilines is 3. The summed E-state index contributed by atoms with van der Waals surface area (Å²) in [5, 5.41) is 10.3. The van der Waals surface area contributed by atoms with Crippen LogP contribution in [0.25, 0.3) is 95.3 Å². The summed E-state index contributed by atoms with van der Waals surface area (Å²) in [5.74, 6) is 0. The van der Waals surface area contributed by atoms with Crippen LogP contribution in [0.15, 0.2) is 212 Å². The molecule has 0 spiro atoms. The molecule has 0 saturated heterocycles. The molecule has 276 valence electrons. The van der Waals surface area contributed by atoms with Crippen molar-refractivity contribution in [3.8, 4) is 33.4 Å². The first-order valence-corrected chi connectivity index (χ1v) is 21.7. The van der Waals surface area contributed by atoms with Crippen LogP contribution < -0.4 is 4.90 Å². The van der Waals surface area contributed by atoms with Crippen molar-refractivity contribution in [1.82, 2.24) is 0 Å². The summed E-state index contributed by atoms with van der Waals surface area (Å²) in [5.41, 5.74) is 10.7. The standard InChI is InChI=1S/C56H35NS2/c1-2-12-37(13-3-1)50-34-42(28-30-46(50)48-21-11-22-49-51-32-39-15-4-5-16-40(39)33-55(51)59-56(48)49)57(43-29-31-54-52(35-43)47-19-8-9-23-53(47)58-54)41-26-24-38(25-27-41)45-20-10-17-36-14-6-7-18-44(36)45/h1-35H. The fourth-order valence-corrected chi connectivity index (χ4v) is 11.4. The maximum absolute atomic E-state index is 2.43. The molecule has 0 atom stereocenters. The molecule has 3 heteroatoms. The van der Waals surface area contributed by atoms with Gasteiger partial charge in [0, 0.05) is 63.0 Å². The second kappa shape index (κ2) is 13.8. The number of nitrogens with zero attached hydrogens (tertiary/aromatic N) is 1. The molecule has 0 saturated carbocycles. The number of hydrogen-bond acceptors (Lipinski definition) is 3. The average Bonchev–Trinajstić information content (AvgIpc) is 3.86. The van der Waals surface area contributed by atoms with Crippen molar-refractivity contribution >= 4 is 102 Å². The molecular formula is C56H35NS2. The van der Waals surface area contributed by atoms with E-state index in [-0.39, 0.29) is 0 Å². The van der Waals surface area contributed by atoms with E-state index in [9.17, 15) is 0 Å². The van der Waals surface area contributed by atoms with E-state index < -0.39 is 0 Å². The lowest BCUT2D eigenvalue weighted by Gasteiger charge is -2.27. The predicted molar refractivity (Wildman–Crippen MR) is 258 cm³/mol. The lowest BCUT2D eigenvalue weighted by Crippen LogP contribution is -2.10. The van der Waals surface area contributed by atoms with Crippen LogP contribution in [0.3, 0.4) is 0 Å². The van der Waals surface area contributed by atoms with Gasteiger partial charge in [0.25, 0.3) is 0 Å². The van der Waals surface area contributed by atoms with Gasteiger partial charge in [-0.1, -0.05) is 152 Å². The Morgan fingerprint density at radius 3 is 1.73 bits per heavy atom. The molecular weight excluding hydrogens is 751 g/mol. The highest BCUT2D eigenvalue weighted by Gasteiger charge is 2.20. The van der Waals surface area contributed by atoms with E-state index in [0.29, 0.717) is 0 Å². The van der Waals surface area contributed by atoms with Crippen LogP contribution in [0.5, 0.6) is 0 Å². The van der Waals surface area contributed by atoms with Crippen LogP contribution in [0.2, 0.25) is 0 Å². The van der Waals surface area contributed by atoms with E-state index in [1.54, 1.807) is 0 Å². The van der Waals surface area contributed by atoms with E-state index in [1.165, 1.54) is 95.3 Å². The fraction of sp³-hybridized carbons (Fsp3) is 0. The van der Waals surface area contributed by atoms with Gasteiger partial charge in [-0.2, -0.15) is 0 Å². The number of rotatable bonds is 6. The van der Waals surface area contributed by atoms with E-state index >= 15 is 0 Å². The topological polar surface area (TPSA) is 3.24 Å². The Hall–Kier alpha value is -7.04. The van der Waals surface area contributed by atoms with Crippen molar-refractivity contribution in [2.24, 2.45) is 0 Å². The third-order valence-electron chi connectivity index (χ3n) is 11.8. The Kier molecular flexibility index (Phi) is 7.97. The predicted octanol–water partition coefficient (Wildman–Crippen LogP) is 17.2. The Morgan fingerprint density at radius 2 is 0.864 bits per heavy atom. The minimum Gasteiger partial charge on any atom is -0.310 e. The first kappa shape index (κ1) is 34.0. The molecule has 12 aromatic rings. The fourth-order valence-electron chi connectivity index (χ4n) is 9.03. The Bertz CT molecular complexity index is 3550. The molecule has 0 unspecified atom stereocenters. The summed E-state index contributed by atoms with van der Waals surface area (Å²) in [6.07, 6.45) is 0. The number of thiophene rings is 2. The van der Waals surface area contributed by atoms with Gasteiger partial charge < -0.3 is 4.90 Å². The Labute approximate surface area is 350 Å². The molecule has 0 N–H and O–H groups in total. The van der Waals surface area contributed by atoms with Gasteiger partial charge >= 0.3 is 0 Å². The van der Waals surface area contributed by atoms with E-state index in [4.69, 9.17) is 0 Å². The molecule has 0 aliphatic rings. The zero-order chi connectivity index (χ0) is 38.9. The summed E-state index contributed by atoms with van der Waals surface area (Å²) >= 11 is 3.76. The zero-order valence-corrected chi connectivity index (χ0v) is 33.6. The third-order valence-corrected chi connectivity index (χ3v) is 14.2. The molecule has 10 aromatic carbocycles. The molecule has 0 radical (unpaired) electrons. The summed E-state index contributed by atoms with van der Waals surface area (Å²) in [6, 6.07) is 78.3. The summed E-state index contributed by atoms with van der Waals surface area (Å²) < 4.78 is 5.24. The smallest absolute Gasteiger partial charge is 0.0468 e. The van der Waals surface area contributed by atoms with Gasteiger partial charge in [0.2, 0.25) is 0 Å². The van der Waals surface area contributed by atoms with Crippen LogP contribution in [0.4, 0.5) is 17.1 Å². The number of fused-ring (bicyclic) bond motifs is 8. The SMILES string of the molecule is c1ccc(-c2cc(N(c3ccc(-c4cccc5ccccc45)cc3)c3ccc4sc5ccccc5c4c3)ccc2-c2cccc3c2sc2cc4ccccc4cc23)cc1. The average molecular weight is 786 g/mol. The molecule has 0 fully saturated rings. The maximum atomic E-state index is 2.43. The summed E-state index contributed by atoms with van der Waals surface area (Å²) in [4.78, 5) is 2.43. The molecule has 0 bridgehead atoms. The molecule has 1 nitrogen and oxygen atoms in total. The Balaban J connectivity index is 1.06. The van der Waals surface area contributed by atoms with Crippen LogP contribution in [-0.4, -0.2) is 0 Å². The zero-order valence-electron chi connectivity index (χ0n) is 32.0. The highest BCUT2D eigenvalue weighted by atomic mass is 32.1. The lowest BCUT2D eigenvalue weighted by molar-refractivity contribution is 1.29. The van der Waals surface area contributed by atoms with E-state index in [2.05, 4.69) is 217 Å². The second-order valence-corrected chi connectivity index (χ2v) is 17.4. The molecule has 12 rings (SSSR count). The number of benzene rings is 10. The number of hydrogen-bond donors (Lipinski definition) is 0. The van der Waals surface area contributed by atoms with Crippen molar-refractivity contribution in [2.75, 3.05) is 4.90 Å². The maximum Gasteiger partial charge on any atom is 0.0468 e. The normalized spacial score (nSPS) is 11.7. The largest absolute Gasteiger partial charge is 0.310 e. The van der Waals surface area contributed by atoms with Crippen LogP contribution in [0, 0.1) is 0 Å². The summed E-state index contributed by atoms with van der Waals surface area (Å²) in [6.45, 7) is 0. The van der Waals surface area contributed by atoms with Gasteiger partial charge in [-0.3, -0.25) is 0 Å².